The normalized spacial score (nSPS) is 17.4. The van der Waals surface area contributed by atoms with Crippen molar-refractivity contribution in [3.8, 4) is 0 Å². The largest absolute Gasteiger partial charge is 0.385 e. The second-order valence-corrected chi connectivity index (χ2v) is 4.97. The van der Waals surface area contributed by atoms with Crippen molar-refractivity contribution < 1.29 is 0 Å². The predicted molar refractivity (Wildman–Crippen MR) is 70.3 cm³/mol. The van der Waals surface area contributed by atoms with Crippen molar-refractivity contribution in [2.45, 2.75) is 19.8 Å². The van der Waals surface area contributed by atoms with Crippen LogP contribution in [0.3, 0.4) is 0 Å². The lowest BCUT2D eigenvalue weighted by Crippen LogP contribution is -2.31. The van der Waals surface area contributed by atoms with E-state index < -0.39 is 0 Å². The molecule has 1 fully saturated rings. The summed E-state index contributed by atoms with van der Waals surface area (Å²) in [4.78, 5) is 0. The summed E-state index contributed by atoms with van der Waals surface area (Å²) in [5.74, 6) is 0.791. The smallest absolute Gasteiger partial charge is 0.0426 e. The van der Waals surface area contributed by atoms with Crippen LogP contribution >= 0.6 is 11.6 Å². The molecule has 0 bridgehead atoms. The molecule has 0 aliphatic carbocycles. The number of anilines is 1. The van der Waals surface area contributed by atoms with Crippen LogP contribution in [-0.2, 0) is 0 Å². The lowest BCUT2D eigenvalue weighted by molar-refractivity contribution is 0.390. The topological polar surface area (TPSA) is 24.1 Å². The van der Waals surface area contributed by atoms with Gasteiger partial charge < -0.3 is 10.6 Å². The molecule has 16 heavy (non-hydrogen) atoms. The molecular weight excluding hydrogens is 220 g/mol. The molecule has 1 aliphatic rings. The maximum atomic E-state index is 5.99. The third-order valence-electron chi connectivity index (χ3n) is 3.24. The van der Waals surface area contributed by atoms with Crippen LogP contribution in [0.5, 0.6) is 0 Å². The summed E-state index contributed by atoms with van der Waals surface area (Å²) in [7, 11) is 0. The molecule has 3 heteroatoms. The van der Waals surface area contributed by atoms with Gasteiger partial charge in [0.1, 0.15) is 0 Å². The van der Waals surface area contributed by atoms with Crippen LogP contribution in [0, 0.1) is 12.8 Å². The van der Waals surface area contributed by atoms with Gasteiger partial charge in [0.2, 0.25) is 0 Å². The minimum atomic E-state index is 0.791. The molecule has 0 spiro atoms. The molecule has 88 valence electrons. The molecular formula is C13H19ClN2. The maximum absolute atomic E-state index is 5.99. The Kier molecular flexibility index (Phi) is 4.08. The monoisotopic (exact) mass is 238 g/mol. The first-order valence-corrected chi connectivity index (χ1v) is 6.34. The van der Waals surface area contributed by atoms with Gasteiger partial charge in [0, 0.05) is 17.3 Å². The molecule has 0 saturated carbocycles. The summed E-state index contributed by atoms with van der Waals surface area (Å²) in [5, 5.41) is 7.70. The first-order chi connectivity index (χ1) is 7.75. The average molecular weight is 239 g/mol. The van der Waals surface area contributed by atoms with Crippen molar-refractivity contribution in [1.82, 2.24) is 5.32 Å². The van der Waals surface area contributed by atoms with E-state index in [1.807, 2.05) is 12.1 Å². The van der Waals surface area contributed by atoms with Crippen molar-refractivity contribution in [2.75, 3.05) is 25.0 Å². The van der Waals surface area contributed by atoms with E-state index in [9.17, 15) is 0 Å². The number of hydrogen-bond acceptors (Lipinski definition) is 2. The molecule has 0 aromatic heterocycles. The van der Waals surface area contributed by atoms with E-state index >= 15 is 0 Å². The van der Waals surface area contributed by atoms with E-state index in [0.717, 1.165) is 30.6 Å². The number of hydrogen-bond donors (Lipinski definition) is 2. The van der Waals surface area contributed by atoms with Gasteiger partial charge in [-0.15, -0.1) is 0 Å². The number of aryl methyl sites for hydroxylation is 1. The lowest BCUT2D eigenvalue weighted by Gasteiger charge is -2.23. The van der Waals surface area contributed by atoms with Gasteiger partial charge in [0.15, 0.2) is 0 Å². The first kappa shape index (κ1) is 11.7. The quantitative estimate of drug-likeness (QED) is 0.846. The van der Waals surface area contributed by atoms with Gasteiger partial charge in [-0.25, -0.2) is 0 Å². The third kappa shape index (κ3) is 3.13. The molecule has 2 rings (SSSR count). The highest BCUT2D eigenvalue weighted by Crippen LogP contribution is 2.21. The highest BCUT2D eigenvalue weighted by atomic mass is 35.5. The number of halogens is 1. The molecule has 1 heterocycles. The van der Waals surface area contributed by atoms with Crippen LogP contribution in [0.1, 0.15) is 18.4 Å². The minimum absolute atomic E-state index is 0.791. The summed E-state index contributed by atoms with van der Waals surface area (Å²) in [6, 6.07) is 6.01. The standard InChI is InChI=1S/C13H19ClN2/c1-10-2-3-12(14)8-13(10)16-9-11-4-6-15-7-5-11/h2-3,8,11,15-16H,4-7,9H2,1H3. The molecule has 2 nitrogen and oxygen atoms in total. The van der Waals surface area contributed by atoms with Gasteiger partial charge in [-0.05, 0) is 56.5 Å². The van der Waals surface area contributed by atoms with E-state index in [2.05, 4.69) is 23.6 Å². The Morgan fingerprint density at radius 1 is 1.38 bits per heavy atom. The van der Waals surface area contributed by atoms with Gasteiger partial charge in [0.05, 0.1) is 0 Å². The van der Waals surface area contributed by atoms with Gasteiger partial charge >= 0.3 is 0 Å². The molecule has 0 amide bonds. The Bertz CT molecular complexity index is 346. The van der Waals surface area contributed by atoms with E-state index in [1.165, 1.54) is 24.1 Å². The number of rotatable bonds is 3. The second kappa shape index (κ2) is 5.55. The fourth-order valence-corrected chi connectivity index (χ4v) is 2.30. The van der Waals surface area contributed by atoms with Crippen molar-refractivity contribution >= 4 is 17.3 Å². The van der Waals surface area contributed by atoms with Crippen LogP contribution in [0.15, 0.2) is 18.2 Å². The Morgan fingerprint density at radius 3 is 2.88 bits per heavy atom. The van der Waals surface area contributed by atoms with Crippen molar-refractivity contribution in [1.29, 1.82) is 0 Å². The summed E-state index contributed by atoms with van der Waals surface area (Å²) < 4.78 is 0. The van der Waals surface area contributed by atoms with Crippen molar-refractivity contribution in [3.05, 3.63) is 28.8 Å². The fourth-order valence-electron chi connectivity index (χ4n) is 2.12. The van der Waals surface area contributed by atoms with Crippen molar-refractivity contribution in [3.63, 3.8) is 0 Å². The summed E-state index contributed by atoms with van der Waals surface area (Å²) >= 11 is 5.99. The Labute approximate surface area is 102 Å². The van der Waals surface area contributed by atoms with Gasteiger partial charge in [-0.2, -0.15) is 0 Å². The molecule has 0 radical (unpaired) electrons. The Morgan fingerprint density at radius 2 is 2.12 bits per heavy atom. The van der Waals surface area contributed by atoms with Gasteiger partial charge in [-0.1, -0.05) is 17.7 Å². The highest BCUT2D eigenvalue weighted by molar-refractivity contribution is 6.30. The van der Waals surface area contributed by atoms with E-state index in [-0.39, 0.29) is 0 Å². The zero-order valence-corrected chi connectivity index (χ0v) is 10.5. The van der Waals surface area contributed by atoms with Crippen LogP contribution in [0.2, 0.25) is 5.02 Å². The molecule has 1 aliphatic heterocycles. The summed E-state index contributed by atoms with van der Waals surface area (Å²) in [6.07, 6.45) is 2.54. The number of nitrogens with one attached hydrogen (secondary N) is 2. The minimum Gasteiger partial charge on any atom is -0.385 e. The molecule has 0 unspecified atom stereocenters. The zero-order valence-electron chi connectivity index (χ0n) is 9.72. The molecule has 1 aromatic rings. The fraction of sp³-hybridized carbons (Fsp3) is 0.538. The second-order valence-electron chi connectivity index (χ2n) is 4.53. The Hall–Kier alpha value is -0.730. The molecule has 1 saturated heterocycles. The maximum Gasteiger partial charge on any atom is 0.0426 e. The van der Waals surface area contributed by atoms with Crippen LogP contribution in [-0.4, -0.2) is 19.6 Å². The summed E-state index contributed by atoms with van der Waals surface area (Å²) in [5.41, 5.74) is 2.43. The average Bonchev–Trinajstić information content (AvgIpc) is 2.32. The van der Waals surface area contributed by atoms with E-state index in [1.54, 1.807) is 0 Å². The van der Waals surface area contributed by atoms with Gasteiger partial charge in [0.25, 0.3) is 0 Å². The third-order valence-corrected chi connectivity index (χ3v) is 3.47. The lowest BCUT2D eigenvalue weighted by atomic mass is 9.98. The zero-order chi connectivity index (χ0) is 11.4. The van der Waals surface area contributed by atoms with Crippen LogP contribution < -0.4 is 10.6 Å². The SMILES string of the molecule is Cc1ccc(Cl)cc1NCC1CCNCC1. The first-order valence-electron chi connectivity index (χ1n) is 5.96. The molecule has 1 aromatic carbocycles. The molecule has 2 N–H and O–H groups in total. The molecule has 0 atom stereocenters. The summed E-state index contributed by atoms with van der Waals surface area (Å²) in [6.45, 7) is 5.48. The van der Waals surface area contributed by atoms with Crippen LogP contribution in [0.25, 0.3) is 0 Å². The van der Waals surface area contributed by atoms with Crippen molar-refractivity contribution in [2.24, 2.45) is 5.92 Å². The Balaban J connectivity index is 1.90. The number of piperidine rings is 1. The van der Waals surface area contributed by atoms with Gasteiger partial charge in [-0.3, -0.25) is 0 Å². The number of benzene rings is 1. The van der Waals surface area contributed by atoms with E-state index in [4.69, 9.17) is 11.6 Å². The van der Waals surface area contributed by atoms with Crippen LogP contribution in [0.4, 0.5) is 5.69 Å². The predicted octanol–water partition coefficient (Wildman–Crippen LogP) is 3.06. The van der Waals surface area contributed by atoms with E-state index in [0.29, 0.717) is 0 Å². The highest BCUT2D eigenvalue weighted by Gasteiger charge is 2.12.